The fourth-order valence-electron chi connectivity index (χ4n) is 1.84. The highest BCUT2D eigenvalue weighted by Gasteiger charge is 2.00. The molecule has 2 aromatic carbocycles. The summed E-state index contributed by atoms with van der Waals surface area (Å²) in [6, 6.07) is 12.2. The molecular formula is C15H15O2. The summed E-state index contributed by atoms with van der Waals surface area (Å²) in [5.74, 6) is 0.845. The standard InChI is InChI=1S/C15H15O2/c1-11(16)3-4-12-5-6-14-10-15(17-2)8-7-13(14)9-12/h5-10H,1,3-4H2,2H3. The van der Waals surface area contributed by atoms with Gasteiger partial charge in [0.15, 0.2) is 0 Å². The van der Waals surface area contributed by atoms with Crippen molar-refractivity contribution >= 4 is 16.6 Å². The number of carbonyl (C=O) groups excluding carboxylic acids is 1. The summed E-state index contributed by atoms with van der Waals surface area (Å²) in [5.41, 5.74) is 1.17. The molecule has 0 atom stereocenters. The average molecular weight is 227 g/mol. The SMILES string of the molecule is [CH2]C(=O)CCc1ccc2cc(OC)ccc2c1. The van der Waals surface area contributed by atoms with Gasteiger partial charge in [0.25, 0.3) is 0 Å². The van der Waals surface area contributed by atoms with Gasteiger partial charge in [-0.2, -0.15) is 0 Å². The molecule has 0 N–H and O–H groups in total. The van der Waals surface area contributed by atoms with Gasteiger partial charge in [-0.15, -0.1) is 0 Å². The number of hydrogen-bond donors (Lipinski definition) is 0. The predicted octanol–water partition coefficient (Wildman–Crippen LogP) is 3.18. The molecule has 0 fully saturated rings. The second kappa shape index (κ2) is 5.00. The van der Waals surface area contributed by atoms with Crippen molar-refractivity contribution in [1.82, 2.24) is 0 Å². The van der Waals surface area contributed by atoms with Crippen LogP contribution in [0.2, 0.25) is 0 Å². The number of aryl methyl sites for hydroxylation is 1. The normalized spacial score (nSPS) is 10.5. The van der Waals surface area contributed by atoms with E-state index in [2.05, 4.69) is 19.1 Å². The quantitative estimate of drug-likeness (QED) is 0.801. The molecule has 87 valence electrons. The van der Waals surface area contributed by atoms with Crippen LogP contribution < -0.4 is 4.74 Å². The molecule has 2 aromatic rings. The molecule has 0 heterocycles. The number of ketones is 1. The first-order valence-corrected chi connectivity index (χ1v) is 5.60. The van der Waals surface area contributed by atoms with Crippen molar-refractivity contribution < 1.29 is 9.53 Å². The summed E-state index contributed by atoms with van der Waals surface area (Å²) in [7, 11) is 1.66. The number of Topliss-reactive ketones (excluding diaryl/α,β-unsaturated/α-hetero) is 1. The van der Waals surface area contributed by atoms with Gasteiger partial charge in [-0.25, -0.2) is 0 Å². The molecule has 0 saturated carbocycles. The summed E-state index contributed by atoms with van der Waals surface area (Å²) in [4.78, 5) is 10.8. The maximum atomic E-state index is 10.8. The first kappa shape index (κ1) is 11.6. The molecule has 0 saturated heterocycles. The molecule has 0 spiro atoms. The van der Waals surface area contributed by atoms with Gasteiger partial charge in [0.05, 0.1) is 7.11 Å². The van der Waals surface area contributed by atoms with E-state index in [-0.39, 0.29) is 5.78 Å². The van der Waals surface area contributed by atoms with Crippen LogP contribution in [0.15, 0.2) is 36.4 Å². The van der Waals surface area contributed by atoms with Crippen LogP contribution in [0.5, 0.6) is 5.75 Å². The van der Waals surface area contributed by atoms with Gasteiger partial charge in [0.1, 0.15) is 11.5 Å². The van der Waals surface area contributed by atoms with E-state index in [1.165, 1.54) is 10.9 Å². The van der Waals surface area contributed by atoms with E-state index in [9.17, 15) is 4.79 Å². The zero-order valence-corrected chi connectivity index (χ0v) is 9.90. The highest BCUT2D eigenvalue weighted by atomic mass is 16.5. The summed E-state index contributed by atoms with van der Waals surface area (Å²) >= 11 is 0. The molecule has 0 aromatic heterocycles. The molecule has 0 bridgehead atoms. The third-order valence-corrected chi connectivity index (χ3v) is 2.80. The predicted molar refractivity (Wildman–Crippen MR) is 69.2 cm³/mol. The molecular weight excluding hydrogens is 212 g/mol. The zero-order chi connectivity index (χ0) is 12.3. The fraction of sp³-hybridized carbons (Fsp3) is 0.200. The molecule has 0 amide bonds. The van der Waals surface area contributed by atoms with E-state index in [1.807, 2.05) is 24.3 Å². The molecule has 0 aliphatic rings. The lowest BCUT2D eigenvalue weighted by molar-refractivity contribution is -0.114. The van der Waals surface area contributed by atoms with Crippen LogP contribution in [0.25, 0.3) is 10.8 Å². The first-order chi connectivity index (χ1) is 8.19. The minimum atomic E-state index is -0.0140. The van der Waals surface area contributed by atoms with Crippen molar-refractivity contribution in [2.45, 2.75) is 12.8 Å². The molecule has 17 heavy (non-hydrogen) atoms. The van der Waals surface area contributed by atoms with Gasteiger partial charge in [-0.3, -0.25) is 4.79 Å². The smallest absolute Gasteiger partial charge is 0.133 e. The Morgan fingerprint density at radius 2 is 1.88 bits per heavy atom. The first-order valence-electron chi connectivity index (χ1n) is 5.60. The lowest BCUT2D eigenvalue weighted by atomic mass is 10.0. The molecule has 2 nitrogen and oxygen atoms in total. The largest absolute Gasteiger partial charge is 0.497 e. The van der Waals surface area contributed by atoms with Crippen molar-refractivity contribution in [1.29, 1.82) is 0 Å². The van der Waals surface area contributed by atoms with Crippen LogP contribution in [-0.2, 0) is 11.2 Å². The third kappa shape index (κ3) is 2.84. The van der Waals surface area contributed by atoms with Gasteiger partial charge in [-0.05, 0) is 34.9 Å². The summed E-state index contributed by atoms with van der Waals surface area (Å²) < 4.78 is 5.18. The Kier molecular flexibility index (Phi) is 3.43. The maximum Gasteiger partial charge on any atom is 0.133 e. The van der Waals surface area contributed by atoms with Gasteiger partial charge < -0.3 is 4.74 Å². The zero-order valence-electron chi connectivity index (χ0n) is 9.90. The molecule has 1 radical (unpaired) electrons. The number of rotatable bonds is 4. The van der Waals surface area contributed by atoms with Crippen LogP contribution in [0.3, 0.4) is 0 Å². The van der Waals surface area contributed by atoms with Crippen molar-refractivity contribution in [3.63, 3.8) is 0 Å². The van der Waals surface area contributed by atoms with Crippen LogP contribution in [-0.4, -0.2) is 12.9 Å². The van der Waals surface area contributed by atoms with Gasteiger partial charge in [-0.1, -0.05) is 24.3 Å². The second-order valence-electron chi connectivity index (χ2n) is 4.09. The van der Waals surface area contributed by atoms with E-state index in [0.717, 1.165) is 17.6 Å². The maximum absolute atomic E-state index is 10.8. The Labute approximate surface area is 101 Å². The summed E-state index contributed by atoms with van der Waals surface area (Å²) in [5, 5.41) is 2.31. The van der Waals surface area contributed by atoms with Crippen LogP contribution in [0, 0.1) is 6.92 Å². The van der Waals surface area contributed by atoms with Crippen LogP contribution in [0.1, 0.15) is 12.0 Å². The number of hydrogen-bond acceptors (Lipinski definition) is 2. The van der Waals surface area contributed by atoms with E-state index < -0.39 is 0 Å². The molecule has 2 rings (SSSR count). The Hall–Kier alpha value is -1.83. The molecule has 0 unspecified atom stereocenters. The average Bonchev–Trinajstić information content (AvgIpc) is 2.35. The summed E-state index contributed by atoms with van der Waals surface area (Å²) in [6.45, 7) is 3.38. The lowest BCUT2D eigenvalue weighted by Crippen LogP contribution is -1.94. The van der Waals surface area contributed by atoms with Crippen molar-refractivity contribution in [2.24, 2.45) is 0 Å². The topological polar surface area (TPSA) is 26.3 Å². The number of carbonyl (C=O) groups is 1. The number of ether oxygens (including phenoxy) is 1. The Morgan fingerprint density at radius 3 is 2.59 bits per heavy atom. The Bertz CT molecular complexity index is 544. The molecule has 2 heteroatoms. The Balaban J connectivity index is 2.28. The van der Waals surface area contributed by atoms with Crippen molar-refractivity contribution in [2.75, 3.05) is 7.11 Å². The number of benzene rings is 2. The van der Waals surface area contributed by atoms with E-state index in [4.69, 9.17) is 4.74 Å². The van der Waals surface area contributed by atoms with Gasteiger partial charge in [0, 0.05) is 13.3 Å². The monoisotopic (exact) mass is 227 g/mol. The molecule has 0 aliphatic carbocycles. The molecule has 0 aliphatic heterocycles. The van der Waals surface area contributed by atoms with Crippen molar-refractivity contribution in [3.8, 4) is 5.75 Å². The second-order valence-corrected chi connectivity index (χ2v) is 4.09. The fourth-order valence-corrected chi connectivity index (χ4v) is 1.84. The van der Waals surface area contributed by atoms with E-state index in [1.54, 1.807) is 7.11 Å². The van der Waals surface area contributed by atoms with Gasteiger partial charge in [0.2, 0.25) is 0 Å². The van der Waals surface area contributed by atoms with E-state index >= 15 is 0 Å². The lowest BCUT2D eigenvalue weighted by Gasteiger charge is -2.05. The highest BCUT2D eigenvalue weighted by Crippen LogP contribution is 2.22. The minimum absolute atomic E-state index is 0.0140. The summed E-state index contributed by atoms with van der Waals surface area (Å²) in [6.07, 6.45) is 1.26. The van der Waals surface area contributed by atoms with Crippen LogP contribution in [0.4, 0.5) is 0 Å². The van der Waals surface area contributed by atoms with Crippen molar-refractivity contribution in [3.05, 3.63) is 48.9 Å². The van der Waals surface area contributed by atoms with E-state index in [0.29, 0.717) is 6.42 Å². The third-order valence-electron chi connectivity index (χ3n) is 2.80. The van der Waals surface area contributed by atoms with Gasteiger partial charge >= 0.3 is 0 Å². The highest BCUT2D eigenvalue weighted by molar-refractivity contribution is 5.85. The number of methoxy groups -OCH3 is 1. The van der Waals surface area contributed by atoms with Crippen LogP contribution >= 0.6 is 0 Å². The minimum Gasteiger partial charge on any atom is -0.497 e. The Morgan fingerprint density at radius 1 is 1.18 bits per heavy atom. The number of fused-ring (bicyclic) bond motifs is 1.